The summed E-state index contributed by atoms with van der Waals surface area (Å²) in [6.45, 7) is 3.50. The lowest BCUT2D eigenvalue weighted by Gasteiger charge is -2.35. The number of rotatable bonds is 4. The molecule has 7 heteroatoms. The van der Waals surface area contributed by atoms with Crippen LogP contribution in [0.3, 0.4) is 0 Å². The molecule has 1 aromatic carbocycles. The first kappa shape index (κ1) is 17.4. The van der Waals surface area contributed by atoms with Gasteiger partial charge in [0, 0.05) is 49.5 Å². The zero-order valence-corrected chi connectivity index (χ0v) is 15.2. The SMILES string of the molecule is COC(=O)CN1CCN(c2nc(-c3cccnc3)nc3ccccc23)CC1. The van der Waals surface area contributed by atoms with E-state index in [1.54, 1.807) is 12.4 Å². The van der Waals surface area contributed by atoms with Crippen LogP contribution in [0.2, 0.25) is 0 Å². The van der Waals surface area contributed by atoms with Gasteiger partial charge < -0.3 is 9.64 Å². The van der Waals surface area contributed by atoms with Crippen molar-refractivity contribution in [3.63, 3.8) is 0 Å². The van der Waals surface area contributed by atoms with Crippen molar-refractivity contribution in [1.29, 1.82) is 0 Å². The standard InChI is InChI=1S/C20H21N5O2/c1-27-18(26)14-24-9-11-25(12-10-24)20-16-6-2-3-7-17(16)22-19(23-20)15-5-4-8-21-13-15/h2-8,13H,9-12,14H2,1H3. The van der Waals surface area contributed by atoms with Gasteiger partial charge >= 0.3 is 5.97 Å². The molecule has 27 heavy (non-hydrogen) atoms. The number of benzene rings is 1. The first-order valence-electron chi connectivity index (χ1n) is 8.96. The third kappa shape index (κ3) is 3.73. The molecule has 1 fully saturated rings. The van der Waals surface area contributed by atoms with Crippen molar-refractivity contribution in [3.8, 4) is 11.4 Å². The van der Waals surface area contributed by atoms with Crippen LogP contribution in [-0.2, 0) is 9.53 Å². The summed E-state index contributed by atoms with van der Waals surface area (Å²) in [5, 5.41) is 1.03. The van der Waals surface area contributed by atoms with Gasteiger partial charge in [0.05, 0.1) is 19.2 Å². The van der Waals surface area contributed by atoms with Gasteiger partial charge in [-0.15, -0.1) is 0 Å². The van der Waals surface area contributed by atoms with Crippen molar-refractivity contribution >= 4 is 22.7 Å². The highest BCUT2D eigenvalue weighted by Gasteiger charge is 2.22. The Bertz CT molecular complexity index is 940. The number of methoxy groups -OCH3 is 1. The van der Waals surface area contributed by atoms with Crippen molar-refractivity contribution in [2.75, 3.05) is 44.7 Å². The molecule has 0 aliphatic carbocycles. The van der Waals surface area contributed by atoms with Crippen LogP contribution < -0.4 is 4.90 Å². The zero-order valence-electron chi connectivity index (χ0n) is 15.2. The Hall–Kier alpha value is -3.06. The number of esters is 1. The van der Waals surface area contributed by atoms with Gasteiger partial charge in [-0.3, -0.25) is 14.7 Å². The molecule has 0 spiro atoms. The number of ether oxygens (including phenoxy) is 1. The minimum atomic E-state index is -0.199. The first-order chi connectivity index (χ1) is 13.2. The van der Waals surface area contributed by atoms with Crippen LogP contribution in [0, 0.1) is 0 Å². The number of hydrogen-bond donors (Lipinski definition) is 0. The average Bonchev–Trinajstić information content (AvgIpc) is 2.74. The molecular weight excluding hydrogens is 342 g/mol. The molecule has 0 unspecified atom stereocenters. The lowest BCUT2D eigenvalue weighted by Crippen LogP contribution is -2.48. The number of carbonyl (C=O) groups excluding carboxylic acids is 1. The number of pyridine rings is 1. The van der Waals surface area contributed by atoms with Crippen LogP contribution >= 0.6 is 0 Å². The second-order valence-electron chi connectivity index (χ2n) is 6.47. The predicted octanol–water partition coefficient (Wildman–Crippen LogP) is 1.99. The number of carbonyl (C=O) groups is 1. The number of fused-ring (bicyclic) bond motifs is 1. The van der Waals surface area contributed by atoms with Crippen molar-refractivity contribution in [2.45, 2.75) is 0 Å². The quantitative estimate of drug-likeness (QED) is 0.657. The summed E-state index contributed by atoms with van der Waals surface area (Å²) in [7, 11) is 1.42. The fourth-order valence-electron chi connectivity index (χ4n) is 3.29. The summed E-state index contributed by atoms with van der Waals surface area (Å²) >= 11 is 0. The minimum Gasteiger partial charge on any atom is -0.468 e. The van der Waals surface area contributed by atoms with Crippen LogP contribution in [0.1, 0.15) is 0 Å². The second kappa shape index (κ2) is 7.67. The molecule has 4 rings (SSSR count). The normalized spacial score (nSPS) is 15.1. The van der Waals surface area contributed by atoms with E-state index in [0.29, 0.717) is 12.4 Å². The van der Waals surface area contributed by atoms with Crippen LogP contribution in [0.4, 0.5) is 5.82 Å². The number of piperazine rings is 1. The number of para-hydroxylation sites is 1. The molecular formula is C20H21N5O2. The lowest BCUT2D eigenvalue weighted by atomic mass is 10.2. The maximum atomic E-state index is 11.5. The molecule has 3 heterocycles. The van der Waals surface area contributed by atoms with E-state index in [4.69, 9.17) is 14.7 Å². The molecule has 1 saturated heterocycles. The third-order valence-corrected chi connectivity index (χ3v) is 4.76. The lowest BCUT2D eigenvalue weighted by molar-refractivity contribution is -0.142. The Morgan fingerprint density at radius 2 is 1.89 bits per heavy atom. The van der Waals surface area contributed by atoms with Gasteiger partial charge in [-0.2, -0.15) is 0 Å². The number of aromatic nitrogens is 3. The van der Waals surface area contributed by atoms with Crippen molar-refractivity contribution < 1.29 is 9.53 Å². The molecule has 7 nitrogen and oxygen atoms in total. The largest absolute Gasteiger partial charge is 0.468 e. The van der Waals surface area contributed by atoms with Gasteiger partial charge in [0.15, 0.2) is 5.82 Å². The Balaban J connectivity index is 1.64. The molecule has 0 saturated carbocycles. The summed E-state index contributed by atoms with van der Waals surface area (Å²) in [6.07, 6.45) is 3.52. The van der Waals surface area contributed by atoms with Gasteiger partial charge in [0.25, 0.3) is 0 Å². The summed E-state index contributed by atoms with van der Waals surface area (Å²) in [5.74, 6) is 1.40. The van der Waals surface area contributed by atoms with Crippen molar-refractivity contribution in [1.82, 2.24) is 19.9 Å². The monoisotopic (exact) mass is 363 g/mol. The third-order valence-electron chi connectivity index (χ3n) is 4.76. The first-order valence-corrected chi connectivity index (χ1v) is 8.96. The van der Waals surface area contributed by atoms with E-state index < -0.39 is 0 Å². The molecule has 0 bridgehead atoms. The van der Waals surface area contributed by atoms with Gasteiger partial charge in [-0.25, -0.2) is 9.97 Å². The fraction of sp³-hybridized carbons (Fsp3) is 0.300. The van der Waals surface area contributed by atoms with Crippen molar-refractivity contribution in [2.24, 2.45) is 0 Å². The zero-order chi connectivity index (χ0) is 18.6. The van der Waals surface area contributed by atoms with Crippen LogP contribution in [-0.4, -0.2) is 65.7 Å². The molecule has 138 valence electrons. The molecule has 0 atom stereocenters. The van der Waals surface area contributed by atoms with Gasteiger partial charge in [0.1, 0.15) is 5.82 Å². The topological polar surface area (TPSA) is 71.5 Å². The van der Waals surface area contributed by atoms with E-state index in [0.717, 1.165) is 48.5 Å². The Kier molecular flexibility index (Phi) is 4.93. The van der Waals surface area contributed by atoms with Gasteiger partial charge in [-0.05, 0) is 24.3 Å². The average molecular weight is 363 g/mol. The molecule has 0 amide bonds. The minimum absolute atomic E-state index is 0.199. The number of nitrogens with zero attached hydrogens (tertiary/aromatic N) is 5. The highest BCUT2D eigenvalue weighted by atomic mass is 16.5. The molecule has 3 aromatic rings. The van der Waals surface area contributed by atoms with Gasteiger partial charge in [0.2, 0.25) is 0 Å². The number of hydrogen-bond acceptors (Lipinski definition) is 7. The van der Waals surface area contributed by atoms with E-state index in [1.165, 1.54) is 7.11 Å². The Morgan fingerprint density at radius 3 is 2.63 bits per heavy atom. The molecule has 2 aromatic heterocycles. The molecule has 0 N–H and O–H groups in total. The van der Waals surface area contributed by atoms with E-state index in [9.17, 15) is 4.79 Å². The fourth-order valence-corrected chi connectivity index (χ4v) is 3.29. The van der Waals surface area contributed by atoms with E-state index in [2.05, 4.69) is 20.9 Å². The molecule has 1 aliphatic rings. The van der Waals surface area contributed by atoms with Crippen molar-refractivity contribution in [3.05, 3.63) is 48.8 Å². The van der Waals surface area contributed by atoms with Crippen LogP contribution in [0.5, 0.6) is 0 Å². The maximum Gasteiger partial charge on any atom is 0.319 e. The summed E-state index contributed by atoms with van der Waals surface area (Å²) in [4.78, 5) is 29.6. The van der Waals surface area contributed by atoms with E-state index in [-0.39, 0.29) is 5.97 Å². The molecule has 1 aliphatic heterocycles. The Morgan fingerprint density at radius 1 is 1.07 bits per heavy atom. The maximum absolute atomic E-state index is 11.5. The highest BCUT2D eigenvalue weighted by Crippen LogP contribution is 2.28. The van der Waals surface area contributed by atoms with Crippen LogP contribution in [0.15, 0.2) is 48.8 Å². The summed E-state index contributed by atoms with van der Waals surface area (Å²) in [6, 6.07) is 11.9. The van der Waals surface area contributed by atoms with Gasteiger partial charge in [-0.1, -0.05) is 12.1 Å². The summed E-state index contributed by atoms with van der Waals surface area (Å²) < 4.78 is 4.77. The molecule has 0 radical (unpaired) electrons. The smallest absolute Gasteiger partial charge is 0.319 e. The highest BCUT2D eigenvalue weighted by molar-refractivity contribution is 5.91. The number of anilines is 1. The Labute approximate surface area is 157 Å². The van der Waals surface area contributed by atoms with Crippen LogP contribution in [0.25, 0.3) is 22.3 Å². The van der Waals surface area contributed by atoms with E-state index in [1.807, 2.05) is 30.3 Å². The second-order valence-corrected chi connectivity index (χ2v) is 6.47. The summed E-state index contributed by atoms with van der Waals surface area (Å²) in [5.41, 5.74) is 1.81. The van der Waals surface area contributed by atoms with E-state index >= 15 is 0 Å². The predicted molar refractivity (Wildman–Crippen MR) is 103 cm³/mol.